The van der Waals surface area contributed by atoms with Crippen LogP contribution in [0.3, 0.4) is 0 Å². The maximum absolute atomic E-state index is 13.6. The number of halogens is 1. The highest BCUT2D eigenvalue weighted by Gasteiger charge is 2.38. The summed E-state index contributed by atoms with van der Waals surface area (Å²) < 4.78 is 19.1. The predicted molar refractivity (Wildman–Crippen MR) is 136 cm³/mol. The van der Waals surface area contributed by atoms with Crippen molar-refractivity contribution in [3.8, 4) is 5.75 Å². The summed E-state index contributed by atoms with van der Waals surface area (Å²) in [7, 11) is 4.99. The Hall–Kier alpha value is -3.42. The molecule has 0 N–H and O–H groups in total. The molecule has 192 valence electrons. The average molecular weight is 496 g/mol. The molecule has 2 aliphatic rings. The van der Waals surface area contributed by atoms with Crippen LogP contribution in [0.1, 0.15) is 47.2 Å². The minimum absolute atomic E-state index is 0.124. The van der Waals surface area contributed by atoms with E-state index in [0.29, 0.717) is 49.0 Å². The number of fused-ring (bicyclic) bond motifs is 1. The van der Waals surface area contributed by atoms with Gasteiger partial charge in [-0.2, -0.15) is 0 Å². The first-order valence-corrected chi connectivity index (χ1v) is 12.5. The number of likely N-dealkylation sites (tertiary alicyclic amines) is 1. The van der Waals surface area contributed by atoms with E-state index in [9.17, 15) is 18.8 Å². The molecule has 4 rings (SSSR count). The molecule has 0 saturated carbocycles. The lowest BCUT2D eigenvalue weighted by Gasteiger charge is -2.32. The molecule has 0 spiro atoms. The largest absolute Gasteiger partial charge is 0.493 e. The lowest BCUT2D eigenvalue weighted by molar-refractivity contribution is -0.143. The third kappa shape index (κ3) is 5.22. The normalized spacial score (nSPS) is 17.6. The van der Waals surface area contributed by atoms with E-state index in [-0.39, 0.29) is 11.7 Å². The van der Waals surface area contributed by atoms with Gasteiger partial charge in [-0.3, -0.25) is 14.4 Å². The zero-order valence-corrected chi connectivity index (χ0v) is 21.4. The predicted octanol–water partition coefficient (Wildman–Crippen LogP) is 3.51. The summed E-state index contributed by atoms with van der Waals surface area (Å²) in [6, 6.07) is 10.2. The topological polar surface area (TPSA) is 70.2 Å². The van der Waals surface area contributed by atoms with E-state index in [2.05, 4.69) is 0 Å². The molecule has 2 aliphatic heterocycles. The number of amides is 2. The fourth-order valence-electron chi connectivity index (χ4n) is 5.17. The van der Waals surface area contributed by atoms with Gasteiger partial charge in [-0.25, -0.2) is 4.39 Å². The summed E-state index contributed by atoms with van der Waals surface area (Å²) in [5, 5.41) is 0. The highest BCUT2D eigenvalue weighted by Crippen LogP contribution is 2.41. The molecule has 8 heteroatoms. The van der Waals surface area contributed by atoms with Crippen LogP contribution in [0.15, 0.2) is 36.4 Å². The molecule has 2 aromatic carbocycles. The second-order valence-corrected chi connectivity index (χ2v) is 9.90. The molecule has 36 heavy (non-hydrogen) atoms. The number of ketones is 1. The van der Waals surface area contributed by atoms with Gasteiger partial charge < -0.3 is 19.4 Å². The van der Waals surface area contributed by atoms with E-state index < -0.39 is 17.6 Å². The van der Waals surface area contributed by atoms with Gasteiger partial charge in [0.2, 0.25) is 5.78 Å². The number of nitrogens with zero attached hydrogens (tertiary/aromatic N) is 3. The average Bonchev–Trinajstić information content (AvgIpc) is 3.19. The van der Waals surface area contributed by atoms with E-state index in [4.69, 9.17) is 4.74 Å². The summed E-state index contributed by atoms with van der Waals surface area (Å²) in [5.74, 6) is -1.09. The molecule has 1 unspecified atom stereocenters. The second-order valence-electron chi connectivity index (χ2n) is 9.90. The van der Waals surface area contributed by atoms with Gasteiger partial charge in [0.15, 0.2) is 0 Å². The molecule has 1 fully saturated rings. The summed E-state index contributed by atoms with van der Waals surface area (Å²) in [6.07, 6.45) is 2.58. The van der Waals surface area contributed by atoms with Crippen molar-refractivity contribution in [3.63, 3.8) is 0 Å². The molecular weight excluding hydrogens is 461 g/mol. The van der Waals surface area contributed by atoms with Crippen LogP contribution in [0.5, 0.6) is 5.75 Å². The van der Waals surface area contributed by atoms with Gasteiger partial charge in [-0.15, -0.1) is 0 Å². The van der Waals surface area contributed by atoms with Gasteiger partial charge in [0.25, 0.3) is 11.8 Å². The number of hydrogen-bond acceptors (Lipinski definition) is 5. The lowest BCUT2D eigenvalue weighted by atomic mass is 9.89. The Labute approximate surface area is 211 Å². The maximum Gasteiger partial charge on any atom is 0.290 e. The van der Waals surface area contributed by atoms with Crippen molar-refractivity contribution in [2.75, 3.05) is 52.3 Å². The van der Waals surface area contributed by atoms with Crippen LogP contribution in [0.4, 0.5) is 10.1 Å². The van der Waals surface area contributed by atoms with Crippen molar-refractivity contribution in [2.24, 2.45) is 5.92 Å². The van der Waals surface area contributed by atoms with Gasteiger partial charge >= 0.3 is 0 Å². The van der Waals surface area contributed by atoms with Crippen molar-refractivity contribution in [3.05, 3.63) is 58.9 Å². The Bertz CT molecular complexity index is 1140. The number of ether oxygens (including phenoxy) is 1. The van der Waals surface area contributed by atoms with Gasteiger partial charge in [0, 0.05) is 52.5 Å². The number of Topliss-reactive ketones (excluding diaryl/α,β-unsaturated/α-hetero) is 1. The fourth-order valence-corrected chi connectivity index (χ4v) is 5.17. The van der Waals surface area contributed by atoms with E-state index in [1.807, 2.05) is 42.0 Å². The number of rotatable bonds is 7. The Morgan fingerprint density at radius 1 is 1.08 bits per heavy atom. The van der Waals surface area contributed by atoms with E-state index in [0.717, 1.165) is 30.5 Å². The van der Waals surface area contributed by atoms with Gasteiger partial charge in [0.05, 0.1) is 18.1 Å². The molecule has 0 bridgehead atoms. The minimum Gasteiger partial charge on any atom is -0.493 e. The molecular formula is C28H34FN3O4. The van der Waals surface area contributed by atoms with Crippen LogP contribution in [0.2, 0.25) is 0 Å². The van der Waals surface area contributed by atoms with Crippen LogP contribution in [0.25, 0.3) is 0 Å². The number of piperidine rings is 1. The number of hydrogen-bond donors (Lipinski definition) is 0. The first-order valence-electron chi connectivity index (χ1n) is 12.5. The Balaban J connectivity index is 1.53. The number of carbonyl (C=O) groups is 3. The number of benzene rings is 2. The minimum atomic E-state index is -0.622. The third-order valence-corrected chi connectivity index (χ3v) is 7.18. The standard InChI is InChI=1S/C28H34FN3O4/c1-5-36-25-16-24-21(23(17-31(24)4)26(33)28(35)30(2)3)15-22(25)27(34)32-12-10-19(11-13-32)14-18-6-8-20(29)9-7-18/h6-9,15-16,19,23H,5,10-14,17H2,1-4H3. The van der Waals surface area contributed by atoms with Crippen molar-refractivity contribution in [1.29, 1.82) is 0 Å². The Kier molecular flexibility index (Phi) is 7.62. The molecule has 2 heterocycles. The quantitative estimate of drug-likeness (QED) is 0.550. The summed E-state index contributed by atoms with van der Waals surface area (Å²) in [4.78, 5) is 44.0. The number of anilines is 1. The SMILES string of the molecule is CCOc1cc2c(cc1C(=O)N1CCC(Cc3ccc(F)cc3)CC1)C(C(=O)C(=O)N(C)C)CN2C. The first kappa shape index (κ1) is 25.7. The van der Waals surface area contributed by atoms with Crippen molar-refractivity contribution >= 4 is 23.3 Å². The molecule has 7 nitrogen and oxygen atoms in total. The summed E-state index contributed by atoms with van der Waals surface area (Å²) >= 11 is 0. The highest BCUT2D eigenvalue weighted by molar-refractivity contribution is 6.38. The van der Waals surface area contributed by atoms with Crippen molar-refractivity contribution < 1.29 is 23.5 Å². The van der Waals surface area contributed by atoms with Crippen LogP contribution in [0, 0.1) is 11.7 Å². The molecule has 0 aliphatic carbocycles. The first-order chi connectivity index (χ1) is 17.2. The zero-order valence-electron chi connectivity index (χ0n) is 21.4. The molecule has 2 amide bonds. The van der Waals surface area contributed by atoms with Crippen LogP contribution in [-0.2, 0) is 16.0 Å². The van der Waals surface area contributed by atoms with Crippen molar-refractivity contribution in [1.82, 2.24) is 9.80 Å². The van der Waals surface area contributed by atoms with Gasteiger partial charge in [-0.1, -0.05) is 12.1 Å². The second kappa shape index (κ2) is 10.7. The van der Waals surface area contributed by atoms with E-state index in [1.54, 1.807) is 20.2 Å². The molecule has 2 aromatic rings. The smallest absolute Gasteiger partial charge is 0.290 e. The molecule has 0 radical (unpaired) electrons. The van der Waals surface area contributed by atoms with Crippen LogP contribution in [-0.4, -0.2) is 74.8 Å². The summed E-state index contributed by atoms with van der Waals surface area (Å²) in [6.45, 7) is 3.90. The van der Waals surface area contributed by atoms with Crippen LogP contribution < -0.4 is 9.64 Å². The fraction of sp³-hybridized carbons (Fsp3) is 0.464. The third-order valence-electron chi connectivity index (χ3n) is 7.18. The van der Waals surface area contributed by atoms with Gasteiger partial charge in [0.1, 0.15) is 11.6 Å². The van der Waals surface area contributed by atoms with Crippen molar-refractivity contribution in [2.45, 2.75) is 32.1 Å². The zero-order chi connectivity index (χ0) is 26.0. The van der Waals surface area contributed by atoms with Gasteiger partial charge in [-0.05, 0) is 61.4 Å². The number of likely N-dealkylation sites (N-methyl/N-ethyl adjacent to an activating group) is 2. The molecule has 0 aromatic heterocycles. The van der Waals surface area contributed by atoms with E-state index in [1.165, 1.54) is 17.0 Å². The summed E-state index contributed by atoms with van der Waals surface area (Å²) in [5.41, 5.74) is 3.03. The number of carbonyl (C=O) groups excluding carboxylic acids is 3. The van der Waals surface area contributed by atoms with Crippen LogP contribution >= 0.6 is 0 Å². The highest BCUT2D eigenvalue weighted by atomic mass is 19.1. The lowest BCUT2D eigenvalue weighted by Crippen LogP contribution is -2.39. The Morgan fingerprint density at radius 3 is 2.36 bits per heavy atom. The monoisotopic (exact) mass is 495 g/mol. The Morgan fingerprint density at radius 2 is 1.75 bits per heavy atom. The molecule has 1 atom stereocenters. The maximum atomic E-state index is 13.6. The van der Waals surface area contributed by atoms with E-state index >= 15 is 0 Å². The molecule has 1 saturated heterocycles.